The molecule has 4 heteroatoms. The van der Waals surface area contributed by atoms with Crippen molar-refractivity contribution in [2.24, 2.45) is 0 Å². The number of nitrogens with one attached hydrogen (secondary N) is 1. The quantitative estimate of drug-likeness (QED) is 0.896. The molecule has 0 aromatic carbocycles. The zero-order valence-electron chi connectivity index (χ0n) is 11.4. The number of nitrogens with zero attached hydrogens (tertiary/aromatic N) is 3. The monoisotopic (exact) mass is 244 g/mol. The van der Waals surface area contributed by atoms with Crippen LogP contribution in [0.5, 0.6) is 0 Å². The number of pyridine rings is 1. The Hall–Kier alpha value is -1.68. The number of hydrogen-bond donors (Lipinski definition) is 1. The highest BCUT2D eigenvalue weighted by Crippen LogP contribution is 2.23. The van der Waals surface area contributed by atoms with Gasteiger partial charge in [-0.1, -0.05) is 6.07 Å². The van der Waals surface area contributed by atoms with E-state index in [4.69, 9.17) is 0 Å². The molecule has 2 aromatic heterocycles. The molecule has 0 saturated heterocycles. The van der Waals surface area contributed by atoms with Crippen molar-refractivity contribution in [3.8, 4) is 0 Å². The predicted octanol–water partition coefficient (Wildman–Crippen LogP) is 2.22. The van der Waals surface area contributed by atoms with Gasteiger partial charge in [0.2, 0.25) is 0 Å². The molecule has 2 rings (SSSR count). The van der Waals surface area contributed by atoms with E-state index in [0.29, 0.717) is 0 Å². The number of rotatable bonds is 4. The lowest BCUT2D eigenvalue weighted by Crippen LogP contribution is -2.22. The zero-order chi connectivity index (χ0) is 13.1. The molecule has 0 spiro atoms. The third kappa shape index (κ3) is 2.29. The zero-order valence-corrected chi connectivity index (χ0v) is 11.4. The first-order valence-corrected chi connectivity index (χ1v) is 6.30. The van der Waals surface area contributed by atoms with Gasteiger partial charge in [0.15, 0.2) is 0 Å². The van der Waals surface area contributed by atoms with Crippen LogP contribution < -0.4 is 5.32 Å². The third-order valence-electron chi connectivity index (χ3n) is 3.21. The minimum Gasteiger partial charge on any atom is -0.308 e. The predicted molar refractivity (Wildman–Crippen MR) is 72.5 cm³/mol. The van der Waals surface area contributed by atoms with E-state index in [9.17, 15) is 0 Å². The standard InChI is InChI=1S/C14H20N4/c1-5-18-13(8-9-16-18)14(15-4)12-7-6-10(2)17-11(12)3/h6-9,14-15H,5H2,1-4H3. The second-order valence-electron chi connectivity index (χ2n) is 4.42. The van der Waals surface area contributed by atoms with E-state index in [1.54, 1.807) is 0 Å². The van der Waals surface area contributed by atoms with Gasteiger partial charge in [-0.05, 0) is 45.5 Å². The first kappa shape index (κ1) is 12.8. The molecular formula is C14H20N4. The largest absolute Gasteiger partial charge is 0.308 e. The van der Waals surface area contributed by atoms with Crippen molar-refractivity contribution in [1.82, 2.24) is 20.1 Å². The summed E-state index contributed by atoms with van der Waals surface area (Å²) in [5, 5.41) is 7.69. The molecule has 1 N–H and O–H groups in total. The molecule has 0 aliphatic carbocycles. The molecule has 4 nitrogen and oxygen atoms in total. The minimum atomic E-state index is 0.139. The Morgan fingerprint density at radius 2 is 2.06 bits per heavy atom. The van der Waals surface area contributed by atoms with Gasteiger partial charge in [-0.3, -0.25) is 9.67 Å². The van der Waals surface area contributed by atoms with E-state index < -0.39 is 0 Å². The Labute approximate surface area is 108 Å². The second-order valence-corrected chi connectivity index (χ2v) is 4.42. The molecule has 96 valence electrons. The van der Waals surface area contributed by atoms with E-state index in [-0.39, 0.29) is 6.04 Å². The minimum absolute atomic E-state index is 0.139. The van der Waals surface area contributed by atoms with Gasteiger partial charge in [0.25, 0.3) is 0 Å². The van der Waals surface area contributed by atoms with Crippen molar-refractivity contribution < 1.29 is 0 Å². The molecular weight excluding hydrogens is 224 g/mol. The van der Waals surface area contributed by atoms with E-state index >= 15 is 0 Å². The summed E-state index contributed by atoms with van der Waals surface area (Å²) < 4.78 is 2.01. The van der Waals surface area contributed by atoms with Crippen LogP contribution in [0, 0.1) is 13.8 Å². The number of aromatic nitrogens is 3. The molecule has 0 aliphatic rings. The third-order valence-corrected chi connectivity index (χ3v) is 3.21. The average molecular weight is 244 g/mol. The van der Waals surface area contributed by atoms with E-state index in [1.807, 2.05) is 24.9 Å². The van der Waals surface area contributed by atoms with E-state index in [2.05, 4.69) is 47.4 Å². The summed E-state index contributed by atoms with van der Waals surface area (Å²) in [7, 11) is 1.97. The molecule has 2 heterocycles. The van der Waals surface area contributed by atoms with Gasteiger partial charge in [0.05, 0.1) is 11.7 Å². The van der Waals surface area contributed by atoms with Crippen molar-refractivity contribution in [3.05, 3.63) is 47.0 Å². The Kier molecular flexibility index (Phi) is 3.77. The fourth-order valence-electron chi connectivity index (χ4n) is 2.32. The van der Waals surface area contributed by atoms with Gasteiger partial charge in [0, 0.05) is 24.1 Å². The summed E-state index contributed by atoms with van der Waals surface area (Å²) in [4.78, 5) is 4.54. The molecule has 0 bridgehead atoms. The Bertz CT molecular complexity index is 530. The van der Waals surface area contributed by atoms with Gasteiger partial charge in [0.1, 0.15) is 0 Å². The van der Waals surface area contributed by atoms with Crippen LogP contribution in [-0.2, 0) is 6.54 Å². The fourth-order valence-corrected chi connectivity index (χ4v) is 2.32. The van der Waals surface area contributed by atoms with E-state index in [0.717, 1.165) is 17.9 Å². The summed E-state index contributed by atoms with van der Waals surface area (Å²) in [6, 6.07) is 6.40. The van der Waals surface area contributed by atoms with Crippen molar-refractivity contribution in [3.63, 3.8) is 0 Å². The molecule has 0 amide bonds. The van der Waals surface area contributed by atoms with Gasteiger partial charge >= 0.3 is 0 Å². The SMILES string of the molecule is CCn1nccc1C(NC)c1ccc(C)nc1C. The van der Waals surface area contributed by atoms with Crippen LogP contribution in [0.15, 0.2) is 24.4 Å². The van der Waals surface area contributed by atoms with Crippen molar-refractivity contribution in [2.75, 3.05) is 7.05 Å². The van der Waals surface area contributed by atoms with Crippen LogP contribution in [0.25, 0.3) is 0 Å². The van der Waals surface area contributed by atoms with Crippen LogP contribution in [-0.4, -0.2) is 21.8 Å². The summed E-state index contributed by atoms with van der Waals surface area (Å²) >= 11 is 0. The molecule has 18 heavy (non-hydrogen) atoms. The molecule has 0 radical (unpaired) electrons. The van der Waals surface area contributed by atoms with Gasteiger partial charge in [-0.15, -0.1) is 0 Å². The average Bonchev–Trinajstić information content (AvgIpc) is 2.81. The molecule has 1 atom stereocenters. The Balaban J connectivity index is 2.45. The van der Waals surface area contributed by atoms with Gasteiger partial charge in [-0.25, -0.2) is 0 Å². The highest BCUT2D eigenvalue weighted by molar-refractivity contribution is 5.31. The summed E-state index contributed by atoms with van der Waals surface area (Å²) in [5.41, 5.74) is 4.50. The first-order valence-electron chi connectivity index (χ1n) is 6.30. The molecule has 0 aliphatic heterocycles. The van der Waals surface area contributed by atoms with Crippen LogP contribution in [0.4, 0.5) is 0 Å². The highest BCUT2D eigenvalue weighted by atomic mass is 15.3. The van der Waals surface area contributed by atoms with Crippen molar-refractivity contribution >= 4 is 0 Å². The lowest BCUT2D eigenvalue weighted by Gasteiger charge is -2.19. The summed E-state index contributed by atoms with van der Waals surface area (Å²) in [5.74, 6) is 0. The molecule has 0 fully saturated rings. The van der Waals surface area contributed by atoms with Crippen LogP contribution in [0.2, 0.25) is 0 Å². The van der Waals surface area contributed by atoms with Crippen LogP contribution >= 0.6 is 0 Å². The van der Waals surface area contributed by atoms with E-state index in [1.165, 1.54) is 11.3 Å². The maximum Gasteiger partial charge on any atom is 0.0763 e. The maximum atomic E-state index is 4.54. The second kappa shape index (κ2) is 5.31. The molecule has 1 unspecified atom stereocenters. The Morgan fingerprint density at radius 1 is 1.28 bits per heavy atom. The molecule has 2 aromatic rings. The number of hydrogen-bond acceptors (Lipinski definition) is 3. The fraction of sp³-hybridized carbons (Fsp3) is 0.429. The summed E-state index contributed by atoms with van der Waals surface area (Å²) in [6.07, 6.45) is 1.85. The lowest BCUT2D eigenvalue weighted by atomic mass is 10.0. The lowest BCUT2D eigenvalue weighted by molar-refractivity contribution is 0.560. The van der Waals surface area contributed by atoms with Crippen LogP contribution in [0.1, 0.15) is 35.6 Å². The Morgan fingerprint density at radius 3 is 2.67 bits per heavy atom. The smallest absolute Gasteiger partial charge is 0.0763 e. The maximum absolute atomic E-state index is 4.54. The van der Waals surface area contributed by atoms with Gasteiger partial charge < -0.3 is 5.32 Å². The topological polar surface area (TPSA) is 42.7 Å². The van der Waals surface area contributed by atoms with Crippen molar-refractivity contribution in [1.29, 1.82) is 0 Å². The number of aryl methyl sites for hydroxylation is 3. The van der Waals surface area contributed by atoms with Crippen molar-refractivity contribution in [2.45, 2.75) is 33.4 Å². The van der Waals surface area contributed by atoms with Crippen LogP contribution in [0.3, 0.4) is 0 Å². The molecule has 0 saturated carbocycles. The first-order chi connectivity index (χ1) is 8.67. The highest BCUT2D eigenvalue weighted by Gasteiger charge is 2.18. The normalized spacial score (nSPS) is 12.7. The summed E-state index contributed by atoms with van der Waals surface area (Å²) in [6.45, 7) is 7.04. The van der Waals surface area contributed by atoms with Gasteiger partial charge in [-0.2, -0.15) is 5.10 Å².